The quantitative estimate of drug-likeness (QED) is 0.762. The summed E-state index contributed by atoms with van der Waals surface area (Å²) in [5, 5.41) is 11.8. The zero-order chi connectivity index (χ0) is 12.7. The molecule has 1 amide bonds. The van der Waals surface area contributed by atoms with Crippen LogP contribution >= 0.6 is 11.8 Å². The number of hydrogen-bond acceptors (Lipinski definition) is 3. The van der Waals surface area contributed by atoms with Crippen LogP contribution in [0.5, 0.6) is 0 Å². The number of rotatable bonds is 6. The van der Waals surface area contributed by atoms with Gasteiger partial charge in [0.1, 0.15) is 0 Å². The molecule has 1 heterocycles. The Bertz CT molecular complexity index is 264. The molecule has 0 saturated carbocycles. The minimum Gasteiger partial charge on any atom is -0.481 e. The predicted molar refractivity (Wildman–Crippen MR) is 69.1 cm³/mol. The first-order valence-corrected chi connectivity index (χ1v) is 7.38. The van der Waals surface area contributed by atoms with Crippen LogP contribution in [-0.2, 0) is 9.59 Å². The molecular formula is C12H21NO3S. The Balaban J connectivity index is 2.32. The van der Waals surface area contributed by atoms with Gasteiger partial charge < -0.3 is 10.4 Å². The number of aliphatic carboxylic acids is 1. The molecule has 17 heavy (non-hydrogen) atoms. The lowest BCUT2D eigenvalue weighted by Gasteiger charge is -2.21. The van der Waals surface area contributed by atoms with Crippen LogP contribution in [0.4, 0.5) is 0 Å². The average molecular weight is 259 g/mol. The van der Waals surface area contributed by atoms with Crippen LogP contribution in [0.25, 0.3) is 0 Å². The second-order valence-corrected chi connectivity index (χ2v) is 5.68. The number of thioether (sulfide) groups is 1. The summed E-state index contributed by atoms with van der Waals surface area (Å²) in [5.74, 6) is 0.943. The highest BCUT2D eigenvalue weighted by Crippen LogP contribution is 2.22. The van der Waals surface area contributed by atoms with E-state index >= 15 is 0 Å². The summed E-state index contributed by atoms with van der Waals surface area (Å²) in [6, 6.07) is 0. The summed E-state index contributed by atoms with van der Waals surface area (Å²) < 4.78 is 0. The van der Waals surface area contributed by atoms with Crippen molar-refractivity contribution in [3.05, 3.63) is 0 Å². The number of carbonyl (C=O) groups is 2. The van der Waals surface area contributed by atoms with Crippen molar-refractivity contribution >= 4 is 23.6 Å². The molecule has 1 fully saturated rings. The topological polar surface area (TPSA) is 66.4 Å². The smallest absolute Gasteiger partial charge is 0.308 e. The third kappa shape index (κ3) is 4.98. The fraction of sp³-hybridized carbons (Fsp3) is 0.833. The number of amides is 1. The maximum Gasteiger partial charge on any atom is 0.308 e. The predicted octanol–water partition coefficient (Wildman–Crippen LogP) is 1.75. The normalized spacial score (nSPS) is 18.6. The van der Waals surface area contributed by atoms with Gasteiger partial charge in [0.05, 0.1) is 5.92 Å². The van der Waals surface area contributed by atoms with Crippen molar-refractivity contribution in [3.63, 3.8) is 0 Å². The highest BCUT2D eigenvalue weighted by atomic mass is 32.2. The molecule has 0 aromatic heterocycles. The molecular weight excluding hydrogens is 238 g/mol. The summed E-state index contributed by atoms with van der Waals surface area (Å²) in [6.07, 6.45) is 3.28. The van der Waals surface area contributed by atoms with E-state index in [1.807, 2.05) is 18.7 Å². The van der Waals surface area contributed by atoms with Crippen molar-refractivity contribution in [2.24, 2.45) is 11.8 Å². The van der Waals surface area contributed by atoms with E-state index < -0.39 is 11.9 Å². The molecule has 4 nitrogen and oxygen atoms in total. The van der Waals surface area contributed by atoms with Crippen LogP contribution in [0, 0.1) is 11.8 Å². The number of carboxylic acids is 1. The summed E-state index contributed by atoms with van der Waals surface area (Å²) >= 11 is 1.88. The van der Waals surface area contributed by atoms with Crippen LogP contribution in [-0.4, -0.2) is 35.0 Å². The zero-order valence-electron chi connectivity index (χ0n) is 10.3. The van der Waals surface area contributed by atoms with Crippen molar-refractivity contribution in [1.29, 1.82) is 0 Å². The van der Waals surface area contributed by atoms with E-state index in [-0.39, 0.29) is 18.4 Å². The van der Waals surface area contributed by atoms with Gasteiger partial charge in [0.2, 0.25) is 5.91 Å². The second kappa shape index (κ2) is 7.58. The van der Waals surface area contributed by atoms with E-state index in [4.69, 9.17) is 5.11 Å². The average Bonchev–Trinajstić information content (AvgIpc) is 2.34. The van der Waals surface area contributed by atoms with Gasteiger partial charge in [-0.05, 0) is 30.8 Å². The fourth-order valence-electron chi connectivity index (χ4n) is 1.99. The fourth-order valence-corrected chi connectivity index (χ4v) is 3.10. The molecule has 1 unspecified atom stereocenters. The van der Waals surface area contributed by atoms with Crippen LogP contribution in [0.15, 0.2) is 0 Å². The van der Waals surface area contributed by atoms with Gasteiger partial charge >= 0.3 is 5.97 Å². The molecule has 1 atom stereocenters. The standard InChI is InChI=1S/C12H21NO3S/c1-2-3-10(12(15)16)8-13-11(14)9-4-6-17-7-5-9/h9-10H,2-8H2,1H3,(H,13,14)(H,15,16). The lowest BCUT2D eigenvalue weighted by molar-refractivity contribution is -0.142. The Morgan fingerprint density at radius 1 is 1.41 bits per heavy atom. The molecule has 1 rings (SSSR count). The highest BCUT2D eigenvalue weighted by molar-refractivity contribution is 7.99. The summed E-state index contributed by atoms with van der Waals surface area (Å²) in [7, 11) is 0. The molecule has 2 N–H and O–H groups in total. The van der Waals surface area contributed by atoms with Crippen LogP contribution in [0.3, 0.4) is 0 Å². The Hall–Kier alpha value is -0.710. The van der Waals surface area contributed by atoms with E-state index in [1.165, 1.54) is 0 Å². The first kappa shape index (κ1) is 14.4. The number of hydrogen-bond donors (Lipinski definition) is 2. The number of carboxylic acid groups (broad SMARTS) is 1. The lowest BCUT2D eigenvalue weighted by Crippen LogP contribution is -2.37. The summed E-state index contributed by atoms with van der Waals surface area (Å²) in [5.41, 5.74) is 0. The van der Waals surface area contributed by atoms with Crippen molar-refractivity contribution in [1.82, 2.24) is 5.32 Å². The van der Waals surface area contributed by atoms with Gasteiger partial charge in [-0.25, -0.2) is 0 Å². The molecule has 98 valence electrons. The van der Waals surface area contributed by atoms with E-state index in [0.717, 1.165) is 30.8 Å². The third-order valence-electron chi connectivity index (χ3n) is 3.10. The monoisotopic (exact) mass is 259 g/mol. The van der Waals surface area contributed by atoms with Crippen molar-refractivity contribution in [2.75, 3.05) is 18.1 Å². The molecule has 1 saturated heterocycles. The van der Waals surface area contributed by atoms with Gasteiger partial charge in [-0.1, -0.05) is 13.3 Å². The van der Waals surface area contributed by atoms with Gasteiger partial charge in [0.15, 0.2) is 0 Å². The van der Waals surface area contributed by atoms with Gasteiger partial charge in [0.25, 0.3) is 0 Å². The SMILES string of the molecule is CCCC(CNC(=O)C1CCSCC1)C(=O)O. The highest BCUT2D eigenvalue weighted by Gasteiger charge is 2.23. The minimum absolute atomic E-state index is 0.0349. The second-order valence-electron chi connectivity index (χ2n) is 4.46. The Morgan fingerprint density at radius 2 is 2.06 bits per heavy atom. The molecule has 5 heteroatoms. The van der Waals surface area contributed by atoms with Gasteiger partial charge in [-0.3, -0.25) is 9.59 Å². The van der Waals surface area contributed by atoms with Crippen LogP contribution in [0.1, 0.15) is 32.6 Å². The Morgan fingerprint density at radius 3 is 2.59 bits per heavy atom. The van der Waals surface area contributed by atoms with Gasteiger partial charge in [-0.15, -0.1) is 0 Å². The van der Waals surface area contributed by atoms with Crippen LogP contribution < -0.4 is 5.32 Å². The summed E-state index contributed by atoms with van der Waals surface area (Å²) in [6.45, 7) is 2.22. The van der Waals surface area contributed by atoms with E-state index in [1.54, 1.807) is 0 Å². The maximum atomic E-state index is 11.8. The molecule has 0 radical (unpaired) electrons. The first-order chi connectivity index (χ1) is 8.15. The molecule has 0 bridgehead atoms. The molecule has 0 aromatic rings. The Labute approximate surface area is 107 Å². The number of carbonyl (C=O) groups excluding carboxylic acids is 1. The van der Waals surface area contributed by atoms with Crippen molar-refractivity contribution in [3.8, 4) is 0 Å². The van der Waals surface area contributed by atoms with Crippen LogP contribution in [0.2, 0.25) is 0 Å². The molecule has 0 aromatic carbocycles. The number of nitrogens with one attached hydrogen (secondary N) is 1. The first-order valence-electron chi connectivity index (χ1n) is 6.23. The van der Waals surface area contributed by atoms with Crippen molar-refractivity contribution in [2.45, 2.75) is 32.6 Å². The zero-order valence-corrected chi connectivity index (χ0v) is 11.1. The third-order valence-corrected chi connectivity index (χ3v) is 4.15. The van der Waals surface area contributed by atoms with Gasteiger partial charge in [-0.2, -0.15) is 11.8 Å². The summed E-state index contributed by atoms with van der Waals surface area (Å²) in [4.78, 5) is 22.7. The molecule has 0 spiro atoms. The van der Waals surface area contributed by atoms with E-state index in [9.17, 15) is 9.59 Å². The maximum absolute atomic E-state index is 11.8. The van der Waals surface area contributed by atoms with E-state index in [0.29, 0.717) is 6.42 Å². The minimum atomic E-state index is -0.814. The van der Waals surface area contributed by atoms with Gasteiger partial charge in [0, 0.05) is 12.5 Å². The molecule has 1 aliphatic rings. The van der Waals surface area contributed by atoms with Crippen molar-refractivity contribution < 1.29 is 14.7 Å². The molecule has 1 aliphatic heterocycles. The van der Waals surface area contributed by atoms with E-state index in [2.05, 4.69) is 5.32 Å². The largest absolute Gasteiger partial charge is 0.481 e. The lowest BCUT2D eigenvalue weighted by atomic mass is 10.0. The Kier molecular flexibility index (Phi) is 6.40. The molecule has 0 aliphatic carbocycles.